The summed E-state index contributed by atoms with van der Waals surface area (Å²) in [6.45, 7) is 2.81. The second-order valence-corrected chi connectivity index (χ2v) is 4.24. The summed E-state index contributed by atoms with van der Waals surface area (Å²) in [4.78, 5) is 19.8. The van der Waals surface area contributed by atoms with Crippen molar-refractivity contribution in [3.63, 3.8) is 0 Å². The number of amides is 1. The van der Waals surface area contributed by atoms with Gasteiger partial charge in [0.15, 0.2) is 0 Å². The number of benzene rings is 1. The van der Waals surface area contributed by atoms with Crippen molar-refractivity contribution in [1.29, 1.82) is 0 Å². The molecule has 20 heavy (non-hydrogen) atoms. The molecule has 0 saturated heterocycles. The van der Waals surface area contributed by atoms with Gasteiger partial charge in [-0.05, 0) is 18.6 Å². The molecule has 1 amide bonds. The van der Waals surface area contributed by atoms with E-state index in [1.165, 1.54) is 6.20 Å². The standard InChI is InChI=1S/C14H17N5O/c1-2-8-16-14-17-9-11(12(15)20)13(19-14)18-10-6-4-3-5-7-10/h3-7,9H,2,8H2,1H3,(H2,15,20)(H2,16,17,18,19). The summed E-state index contributed by atoms with van der Waals surface area (Å²) < 4.78 is 0. The lowest BCUT2D eigenvalue weighted by molar-refractivity contribution is 0.100. The van der Waals surface area contributed by atoms with Crippen molar-refractivity contribution in [2.24, 2.45) is 5.73 Å². The minimum atomic E-state index is -0.564. The van der Waals surface area contributed by atoms with Crippen LogP contribution in [0.4, 0.5) is 17.5 Å². The molecule has 2 rings (SSSR count). The van der Waals surface area contributed by atoms with E-state index in [0.717, 1.165) is 18.7 Å². The highest BCUT2D eigenvalue weighted by atomic mass is 16.1. The summed E-state index contributed by atoms with van der Waals surface area (Å²) in [5.74, 6) is 0.304. The maximum atomic E-state index is 11.4. The number of para-hydroxylation sites is 1. The second kappa shape index (κ2) is 6.51. The second-order valence-electron chi connectivity index (χ2n) is 4.24. The smallest absolute Gasteiger partial charge is 0.254 e. The third-order valence-corrected chi connectivity index (χ3v) is 2.62. The van der Waals surface area contributed by atoms with Crippen molar-refractivity contribution in [3.05, 3.63) is 42.1 Å². The van der Waals surface area contributed by atoms with Gasteiger partial charge in [0.1, 0.15) is 11.4 Å². The average molecular weight is 271 g/mol. The average Bonchev–Trinajstić information content (AvgIpc) is 2.46. The molecule has 0 unspecified atom stereocenters. The van der Waals surface area contributed by atoms with Gasteiger partial charge in [-0.1, -0.05) is 25.1 Å². The van der Waals surface area contributed by atoms with Crippen LogP contribution in [0.3, 0.4) is 0 Å². The lowest BCUT2D eigenvalue weighted by atomic mass is 10.2. The molecule has 0 aliphatic rings. The number of rotatable bonds is 6. The Morgan fingerprint density at radius 3 is 2.70 bits per heavy atom. The molecule has 1 aromatic carbocycles. The molecule has 1 heterocycles. The van der Waals surface area contributed by atoms with E-state index in [1.54, 1.807) is 0 Å². The maximum Gasteiger partial charge on any atom is 0.254 e. The van der Waals surface area contributed by atoms with Crippen LogP contribution in [-0.4, -0.2) is 22.4 Å². The molecular weight excluding hydrogens is 254 g/mol. The number of nitrogens with zero attached hydrogens (tertiary/aromatic N) is 2. The zero-order valence-electron chi connectivity index (χ0n) is 11.3. The van der Waals surface area contributed by atoms with Crippen LogP contribution in [0.25, 0.3) is 0 Å². The van der Waals surface area contributed by atoms with Gasteiger partial charge < -0.3 is 16.4 Å². The Kier molecular flexibility index (Phi) is 4.49. The Morgan fingerprint density at radius 2 is 2.05 bits per heavy atom. The van der Waals surface area contributed by atoms with Gasteiger partial charge in [0.05, 0.1) is 0 Å². The zero-order chi connectivity index (χ0) is 14.4. The molecule has 0 radical (unpaired) electrons. The first-order valence-corrected chi connectivity index (χ1v) is 6.43. The van der Waals surface area contributed by atoms with Crippen molar-refractivity contribution < 1.29 is 4.79 Å². The summed E-state index contributed by atoms with van der Waals surface area (Å²) in [6, 6.07) is 9.46. The fourth-order valence-corrected chi connectivity index (χ4v) is 1.64. The molecule has 0 aliphatic carbocycles. The number of aromatic nitrogens is 2. The molecule has 104 valence electrons. The van der Waals surface area contributed by atoms with E-state index < -0.39 is 5.91 Å². The van der Waals surface area contributed by atoms with E-state index in [9.17, 15) is 4.79 Å². The van der Waals surface area contributed by atoms with Gasteiger partial charge in [-0.25, -0.2) is 4.98 Å². The van der Waals surface area contributed by atoms with Gasteiger partial charge >= 0.3 is 0 Å². The van der Waals surface area contributed by atoms with Gasteiger partial charge in [-0.15, -0.1) is 0 Å². The number of hydrogen-bond donors (Lipinski definition) is 3. The van der Waals surface area contributed by atoms with Crippen molar-refractivity contribution >= 4 is 23.4 Å². The number of carbonyl (C=O) groups is 1. The minimum Gasteiger partial charge on any atom is -0.365 e. The fraction of sp³-hybridized carbons (Fsp3) is 0.214. The first-order chi connectivity index (χ1) is 9.70. The summed E-state index contributed by atoms with van der Waals surface area (Å²) >= 11 is 0. The van der Waals surface area contributed by atoms with Crippen LogP contribution >= 0.6 is 0 Å². The zero-order valence-corrected chi connectivity index (χ0v) is 11.3. The maximum absolute atomic E-state index is 11.4. The quantitative estimate of drug-likeness (QED) is 0.748. The molecule has 0 fully saturated rings. The van der Waals surface area contributed by atoms with Crippen molar-refractivity contribution in [3.8, 4) is 0 Å². The number of hydrogen-bond acceptors (Lipinski definition) is 5. The summed E-state index contributed by atoms with van der Waals surface area (Å²) in [5.41, 5.74) is 6.43. The molecular formula is C14H17N5O. The molecule has 6 nitrogen and oxygen atoms in total. The number of nitrogens with two attached hydrogens (primary N) is 1. The normalized spacial score (nSPS) is 10.1. The van der Waals surface area contributed by atoms with Gasteiger partial charge in [-0.2, -0.15) is 4.98 Å². The lowest BCUT2D eigenvalue weighted by Crippen LogP contribution is -2.16. The van der Waals surface area contributed by atoms with Crippen LogP contribution in [0, 0.1) is 0 Å². The highest BCUT2D eigenvalue weighted by Crippen LogP contribution is 2.19. The number of carbonyl (C=O) groups excluding carboxylic acids is 1. The van der Waals surface area contributed by atoms with E-state index in [0.29, 0.717) is 11.8 Å². The predicted octanol–water partition coefficient (Wildman–Crippen LogP) is 2.14. The molecule has 1 aromatic heterocycles. The van der Waals surface area contributed by atoms with Crippen molar-refractivity contribution in [2.75, 3.05) is 17.2 Å². The largest absolute Gasteiger partial charge is 0.365 e. The SMILES string of the molecule is CCCNc1ncc(C(N)=O)c(Nc2ccccc2)n1. The third kappa shape index (κ3) is 3.44. The number of primary amides is 1. The van der Waals surface area contributed by atoms with E-state index in [1.807, 2.05) is 37.3 Å². The fourth-order valence-electron chi connectivity index (χ4n) is 1.64. The van der Waals surface area contributed by atoms with Crippen molar-refractivity contribution in [1.82, 2.24) is 9.97 Å². The molecule has 0 saturated carbocycles. The minimum absolute atomic E-state index is 0.260. The molecule has 0 aliphatic heterocycles. The highest BCUT2D eigenvalue weighted by molar-refractivity contribution is 5.98. The predicted molar refractivity (Wildman–Crippen MR) is 79.1 cm³/mol. The van der Waals surface area contributed by atoms with E-state index in [2.05, 4.69) is 20.6 Å². The number of anilines is 3. The Morgan fingerprint density at radius 1 is 1.30 bits per heavy atom. The molecule has 0 atom stereocenters. The molecule has 0 bridgehead atoms. The molecule has 2 aromatic rings. The third-order valence-electron chi connectivity index (χ3n) is 2.62. The van der Waals surface area contributed by atoms with Crippen molar-refractivity contribution in [2.45, 2.75) is 13.3 Å². The van der Waals surface area contributed by atoms with Crippen LogP contribution in [0.2, 0.25) is 0 Å². The van der Waals surface area contributed by atoms with Gasteiger partial charge in [0.2, 0.25) is 5.95 Å². The molecule has 0 spiro atoms. The van der Waals surface area contributed by atoms with E-state index >= 15 is 0 Å². The first-order valence-electron chi connectivity index (χ1n) is 6.43. The first kappa shape index (κ1) is 13.8. The Labute approximate surface area is 117 Å². The van der Waals surface area contributed by atoms with Crippen LogP contribution in [0.5, 0.6) is 0 Å². The van der Waals surface area contributed by atoms with Crippen LogP contribution in [0.15, 0.2) is 36.5 Å². The summed E-state index contributed by atoms with van der Waals surface area (Å²) in [7, 11) is 0. The summed E-state index contributed by atoms with van der Waals surface area (Å²) in [6.07, 6.45) is 2.39. The topological polar surface area (TPSA) is 92.9 Å². The van der Waals surface area contributed by atoms with Gasteiger partial charge in [0.25, 0.3) is 5.91 Å². The van der Waals surface area contributed by atoms with Crippen LogP contribution in [0.1, 0.15) is 23.7 Å². The van der Waals surface area contributed by atoms with Gasteiger partial charge in [0, 0.05) is 18.4 Å². The highest BCUT2D eigenvalue weighted by Gasteiger charge is 2.12. The Hall–Kier alpha value is -2.63. The number of nitrogens with one attached hydrogen (secondary N) is 2. The Bertz CT molecular complexity index is 585. The lowest BCUT2D eigenvalue weighted by Gasteiger charge is -2.11. The monoisotopic (exact) mass is 271 g/mol. The van der Waals surface area contributed by atoms with Crippen LogP contribution < -0.4 is 16.4 Å². The molecule has 6 heteroatoms. The van der Waals surface area contributed by atoms with Crippen LogP contribution in [-0.2, 0) is 0 Å². The Balaban J connectivity index is 2.29. The summed E-state index contributed by atoms with van der Waals surface area (Å²) in [5, 5.41) is 6.15. The molecule has 4 N–H and O–H groups in total. The van der Waals surface area contributed by atoms with Gasteiger partial charge in [-0.3, -0.25) is 4.79 Å². The van der Waals surface area contributed by atoms with E-state index in [4.69, 9.17) is 5.73 Å². The van der Waals surface area contributed by atoms with E-state index in [-0.39, 0.29) is 5.56 Å².